The number of aryl methyl sites for hydroxylation is 2. The van der Waals surface area contributed by atoms with Crippen molar-refractivity contribution in [3.05, 3.63) is 34.2 Å². The van der Waals surface area contributed by atoms with Crippen LogP contribution in [-0.4, -0.2) is 47.6 Å². The first-order valence-corrected chi connectivity index (χ1v) is 13.4. The number of rotatable bonds is 5. The second-order valence-electron chi connectivity index (χ2n) is 10.4. The van der Waals surface area contributed by atoms with E-state index in [0.29, 0.717) is 5.92 Å². The first kappa shape index (κ1) is 25.0. The molecule has 7 heteroatoms. The zero-order valence-electron chi connectivity index (χ0n) is 21.2. The summed E-state index contributed by atoms with van der Waals surface area (Å²) in [5.41, 5.74) is 3.75. The van der Waals surface area contributed by atoms with Crippen molar-refractivity contribution in [2.45, 2.75) is 71.8 Å². The average molecular weight is 483 g/mol. The van der Waals surface area contributed by atoms with Crippen LogP contribution in [-0.2, 0) is 9.59 Å². The molecular weight excluding hydrogens is 444 g/mol. The highest BCUT2D eigenvalue weighted by molar-refractivity contribution is 8.00. The summed E-state index contributed by atoms with van der Waals surface area (Å²) >= 11 is 1.70. The van der Waals surface area contributed by atoms with Crippen molar-refractivity contribution in [1.82, 2.24) is 9.62 Å². The lowest BCUT2D eigenvalue weighted by atomic mass is 9.82. The number of hydrogen-bond acceptors (Lipinski definition) is 5. The summed E-state index contributed by atoms with van der Waals surface area (Å²) in [5, 5.41) is 5.27. The zero-order chi connectivity index (χ0) is 24.5. The molecule has 0 unspecified atom stereocenters. The Bertz CT molecular complexity index is 979. The topological polar surface area (TPSA) is 65.0 Å². The SMILES string of the molecule is CC(=O)N(C)c1c(C)cc(/C=C/SN2CCC3(CC2)N=C(C2CCC(C)CC2)NC3=O)cc1C. The lowest BCUT2D eigenvalue weighted by Gasteiger charge is -2.34. The van der Waals surface area contributed by atoms with Gasteiger partial charge >= 0.3 is 0 Å². The molecule has 3 aliphatic rings. The first-order valence-electron chi connectivity index (χ1n) is 12.5. The summed E-state index contributed by atoms with van der Waals surface area (Å²) < 4.78 is 2.32. The Labute approximate surface area is 208 Å². The number of amides is 2. The number of amidine groups is 1. The highest BCUT2D eigenvalue weighted by atomic mass is 32.2. The lowest BCUT2D eigenvalue weighted by Crippen LogP contribution is -2.47. The maximum atomic E-state index is 12.9. The lowest BCUT2D eigenvalue weighted by molar-refractivity contribution is -0.125. The van der Waals surface area contributed by atoms with Gasteiger partial charge in [0.15, 0.2) is 0 Å². The average Bonchev–Trinajstić information content (AvgIpc) is 3.10. The van der Waals surface area contributed by atoms with E-state index in [0.717, 1.165) is 72.9 Å². The van der Waals surface area contributed by atoms with Gasteiger partial charge in [0.2, 0.25) is 5.91 Å². The van der Waals surface area contributed by atoms with Gasteiger partial charge in [-0.15, -0.1) is 0 Å². The molecule has 4 rings (SSSR count). The Balaban J connectivity index is 1.33. The van der Waals surface area contributed by atoms with Crippen molar-refractivity contribution < 1.29 is 9.59 Å². The van der Waals surface area contributed by atoms with Crippen LogP contribution in [0.5, 0.6) is 0 Å². The number of aliphatic imine (C=N–C) groups is 1. The van der Waals surface area contributed by atoms with Gasteiger partial charge in [0.05, 0.1) is 0 Å². The minimum atomic E-state index is -0.550. The Kier molecular flexibility index (Phi) is 7.53. The van der Waals surface area contributed by atoms with Crippen molar-refractivity contribution >= 4 is 41.4 Å². The van der Waals surface area contributed by atoms with Gasteiger partial charge < -0.3 is 10.2 Å². The van der Waals surface area contributed by atoms with Crippen LogP contribution in [0.2, 0.25) is 0 Å². The van der Waals surface area contributed by atoms with E-state index in [1.807, 2.05) is 20.9 Å². The summed E-state index contributed by atoms with van der Waals surface area (Å²) in [6.07, 6.45) is 8.43. The highest BCUT2D eigenvalue weighted by Gasteiger charge is 2.47. The van der Waals surface area contributed by atoms with E-state index in [2.05, 4.69) is 40.2 Å². The van der Waals surface area contributed by atoms with Crippen LogP contribution in [0.25, 0.3) is 6.08 Å². The van der Waals surface area contributed by atoms with Crippen LogP contribution in [0.4, 0.5) is 5.69 Å². The number of carbonyl (C=O) groups is 2. The molecule has 0 aromatic heterocycles. The van der Waals surface area contributed by atoms with E-state index in [4.69, 9.17) is 4.99 Å². The normalized spacial score (nSPS) is 25.0. The fraction of sp³-hybridized carbons (Fsp3) is 0.593. The number of nitrogens with one attached hydrogen (secondary N) is 1. The Hall–Kier alpha value is -2.12. The standard InChI is InChI=1S/C27H38N4O2S/c1-18-6-8-23(9-7-18)25-28-26(33)27(29-25)11-13-31(14-12-27)34-15-10-22-16-19(2)24(20(3)17-22)30(5)21(4)32/h10,15-18,23H,6-9,11-14H2,1-5H3,(H,28,29,33)/b15-10+. The predicted molar refractivity (Wildman–Crippen MR) is 142 cm³/mol. The molecule has 1 aromatic rings. The molecule has 6 nitrogen and oxygen atoms in total. The number of piperidine rings is 1. The minimum Gasteiger partial charge on any atom is -0.315 e. The second-order valence-corrected chi connectivity index (χ2v) is 11.4. The Morgan fingerprint density at radius 3 is 2.38 bits per heavy atom. The monoisotopic (exact) mass is 482 g/mol. The van der Waals surface area contributed by atoms with Gasteiger partial charge in [0.25, 0.3) is 5.91 Å². The zero-order valence-corrected chi connectivity index (χ0v) is 22.0. The van der Waals surface area contributed by atoms with Crippen LogP contribution >= 0.6 is 11.9 Å². The fourth-order valence-corrected chi connectivity index (χ4v) is 6.32. The molecule has 0 atom stereocenters. The third-order valence-electron chi connectivity index (χ3n) is 7.74. The molecule has 1 aromatic carbocycles. The molecule has 34 heavy (non-hydrogen) atoms. The van der Waals surface area contributed by atoms with Crippen molar-refractivity contribution in [1.29, 1.82) is 0 Å². The fourth-order valence-electron chi connectivity index (χ4n) is 5.54. The smallest absolute Gasteiger partial charge is 0.253 e. The van der Waals surface area contributed by atoms with Crippen LogP contribution in [0.3, 0.4) is 0 Å². The first-order chi connectivity index (χ1) is 16.2. The van der Waals surface area contributed by atoms with Gasteiger partial charge in [0, 0.05) is 38.7 Å². The molecule has 0 bridgehead atoms. The maximum absolute atomic E-state index is 12.9. The molecule has 1 spiro atoms. The van der Waals surface area contributed by atoms with E-state index >= 15 is 0 Å². The second kappa shape index (κ2) is 10.2. The molecular formula is C27H38N4O2S. The van der Waals surface area contributed by atoms with E-state index in [-0.39, 0.29) is 11.8 Å². The quantitative estimate of drug-likeness (QED) is 0.594. The van der Waals surface area contributed by atoms with Crippen molar-refractivity contribution in [2.24, 2.45) is 16.8 Å². The summed E-state index contributed by atoms with van der Waals surface area (Å²) in [5.74, 6) is 2.34. The molecule has 0 radical (unpaired) electrons. The molecule has 1 aliphatic carbocycles. The van der Waals surface area contributed by atoms with Gasteiger partial charge in [-0.2, -0.15) is 0 Å². The highest BCUT2D eigenvalue weighted by Crippen LogP contribution is 2.37. The van der Waals surface area contributed by atoms with Gasteiger partial charge in [-0.3, -0.25) is 14.6 Å². The number of nitrogens with zero attached hydrogens (tertiary/aromatic N) is 3. The third-order valence-corrected chi connectivity index (χ3v) is 8.66. The predicted octanol–water partition coefficient (Wildman–Crippen LogP) is 5.09. The van der Waals surface area contributed by atoms with E-state index in [1.54, 1.807) is 23.8 Å². The van der Waals surface area contributed by atoms with Crippen molar-refractivity contribution in [2.75, 3.05) is 25.0 Å². The molecule has 1 N–H and O–H groups in total. The summed E-state index contributed by atoms with van der Waals surface area (Å²) in [7, 11) is 1.82. The number of carbonyl (C=O) groups excluding carboxylic acids is 2. The molecule has 2 fully saturated rings. The number of benzene rings is 1. The van der Waals surface area contributed by atoms with Crippen LogP contribution < -0.4 is 10.2 Å². The molecule has 2 amide bonds. The van der Waals surface area contributed by atoms with E-state index < -0.39 is 5.54 Å². The summed E-state index contributed by atoms with van der Waals surface area (Å²) in [6, 6.07) is 4.24. The number of anilines is 1. The molecule has 2 heterocycles. The summed E-state index contributed by atoms with van der Waals surface area (Å²) in [4.78, 5) is 31.3. The van der Waals surface area contributed by atoms with Gasteiger partial charge in [0.1, 0.15) is 11.4 Å². The Morgan fingerprint density at radius 1 is 1.18 bits per heavy atom. The van der Waals surface area contributed by atoms with E-state index in [9.17, 15) is 9.59 Å². The summed E-state index contributed by atoms with van der Waals surface area (Å²) in [6.45, 7) is 9.70. The van der Waals surface area contributed by atoms with E-state index in [1.165, 1.54) is 12.8 Å². The minimum absolute atomic E-state index is 0.0358. The largest absolute Gasteiger partial charge is 0.315 e. The van der Waals surface area contributed by atoms with Gasteiger partial charge in [-0.05, 0) is 85.8 Å². The maximum Gasteiger partial charge on any atom is 0.253 e. The van der Waals surface area contributed by atoms with Gasteiger partial charge in [-0.25, -0.2) is 4.31 Å². The molecule has 1 saturated heterocycles. The molecule has 1 saturated carbocycles. The molecule has 184 valence electrons. The van der Waals surface area contributed by atoms with Crippen molar-refractivity contribution in [3.8, 4) is 0 Å². The van der Waals surface area contributed by atoms with Gasteiger partial charge in [-0.1, -0.05) is 31.7 Å². The van der Waals surface area contributed by atoms with Crippen LogP contribution in [0.1, 0.15) is 69.1 Å². The number of hydrogen-bond donors (Lipinski definition) is 1. The third kappa shape index (κ3) is 5.25. The Morgan fingerprint density at radius 2 is 1.79 bits per heavy atom. The molecule has 2 aliphatic heterocycles. The van der Waals surface area contributed by atoms with Crippen LogP contribution in [0, 0.1) is 25.7 Å². The van der Waals surface area contributed by atoms with Crippen molar-refractivity contribution in [3.63, 3.8) is 0 Å². The van der Waals surface area contributed by atoms with Crippen LogP contribution in [0.15, 0.2) is 22.5 Å².